The second-order valence-corrected chi connectivity index (χ2v) is 8.10. The number of hydrogen-bond acceptors (Lipinski definition) is 5. The highest BCUT2D eigenvalue weighted by Gasteiger charge is 2.32. The number of amides is 1. The standard InChI is InChI=1S/C19H17ClF3N3O3S/c1-4-29-18(28)15-9(2)10(3)30-17(15)25-14(27)6-12-8-26-7-11(19(21,22)23)5-13(20)16(26)24-12/h5,7-8H,4,6H2,1-3H3,(H,25,27). The molecule has 0 saturated heterocycles. The topological polar surface area (TPSA) is 72.7 Å². The summed E-state index contributed by atoms with van der Waals surface area (Å²) >= 11 is 7.16. The van der Waals surface area contributed by atoms with Gasteiger partial charge in [-0.05, 0) is 32.4 Å². The molecule has 0 aromatic carbocycles. The molecule has 1 N–H and O–H groups in total. The lowest BCUT2D eigenvalue weighted by Crippen LogP contribution is -2.16. The van der Waals surface area contributed by atoms with Gasteiger partial charge in [0.05, 0.1) is 34.9 Å². The molecule has 0 spiro atoms. The van der Waals surface area contributed by atoms with Crippen LogP contribution in [-0.2, 0) is 22.1 Å². The van der Waals surface area contributed by atoms with E-state index in [4.69, 9.17) is 16.3 Å². The summed E-state index contributed by atoms with van der Waals surface area (Å²) in [4.78, 5) is 29.7. The Labute approximate surface area is 178 Å². The van der Waals surface area contributed by atoms with Crippen LogP contribution in [0, 0.1) is 13.8 Å². The molecule has 3 heterocycles. The lowest BCUT2D eigenvalue weighted by Gasteiger charge is -2.07. The molecule has 0 bridgehead atoms. The average Bonchev–Trinajstić information content (AvgIpc) is 3.15. The Morgan fingerprint density at radius 3 is 2.63 bits per heavy atom. The lowest BCUT2D eigenvalue weighted by atomic mass is 10.1. The number of aromatic nitrogens is 2. The number of anilines is 1. The predicted octanol–water partition coefficient (Wildman–Crippen LogP) is 5.04. The molecule has 0 aliphatic rings. The van der Waals surface area contributed by atoms with Crippen molar-refractivity contribution >= 4 is 45.5 Å². The number of nitrogens with one attached hydrogen (secondary N) is 1. The zero-order valence-electron chi connectivity index (χ0n) is 16.2. The maximum atomic E-state index is 13.0. The smallest absolute Gasteiger partial charge is 0.417 e. The average molecular weight is 460 g/mol. The van der Waals surface area contributed by atoms with Gasteiger partial charge in [-0.1, -0.05) is 11.6 Å². The molecule has 6 nitrogen and oxygen atoms in total. The molecule has 11 heteroatoms. The van der Waals surface area contributed by atoms with Crippen molar-refractivity contribution in [2.75, 3.05) is 11.9 Å². The Bertz CT molecular complexity index is 1140. The molecule has 0 saturated carbocycles. The molecule has 3 aromatic rings. The number of ether oxygens (including phenoxy) is 1. The van der Waals surface area contributed by atoms with Crippen LogP contribution < -0.4 is 5.32 Å². The Kier molecular flexibility index (Phi) is 6.09. The molecule has 0 aliphatic carbocycles. The first-order valence-corrected chi connectivity index (χ1v) is 10.0. The highest BCUT2D eigenvalue weighted by molar-refractivity contribution is 7.16. The van der Waals surface area contributed by atoms with Crippen LogP contribution in [0.3, 0.4) is 0 Å². The second-order valence-electron chi connectivity index (χ2n) is 6.47. The predicted molar refractivity (Wildman–Crippen MR) is 107 cm³/mol. The Balaban J connectivity index is 1.84. The number of thiophene rings is 1. The number of halogens is 4. The van der Waals surface area contributed by atoms with Gasteiger partial charge in [-0.15, -0.1) is 11.3 Å². The van der Waals surface area contributed by atoms with E-state index in [1.165, 1.54) is 17.5 Å². The van der Waals surface area contributed by atoms with Gasteiger partial charge in [0.15, 0.2) is 5.65 Å². The minimum Gasteiger partial charge on any atom is -0.462 e. The van der Waals surface area contributed by atoms with Gasteiger partial charge in [-0.2, -0.15) is 13.2 Å². The molecular formula is C19H17ClF3N3O3S. The van der Waals surface area contributed by atoms with Crippen LogP contribution in [0.2, 0.25) is 5.02 Å². The number of hydrogen-bond donors (Lipinski definition) is 1. The van der Waals surface area contributed by atoms with Crippen molar-refractivity contribution in [3.8, 4) is 0 Å². The summed E-state index contributed by atoms with van der Waals surface area (Å²) in [6.07, 6.45) is -2.59. The van der Waals surface area contributed by atoms with E-state index in [1.54, 1.807) is 13.8 Å². The van der Waals surface area contributed by atoms with Gasteiger partial charge >= 0.3 is 12.1 Å². The van der Waals surface area contributed by atoms with E-state index in [1.807, 2.05) is 6.92 Å². The summed E-state index contributed by atoms with van der Waals surface area (Å²) in [5, 5.41) is 2.85. The first-order chi connectivity index (χ1) is 14.0. The van der Waals surface area contributed by atoms with Crippen LogP contribution in [0.25, 0.3) is 5.65 Å². The van der Waals surface area contributed by atoms with Gasteiger partial charge in [-0.25, -0.2) is 9.78 Å². The van der Waals surface area contributed by atoms with E-state index < -0.39 is 23.6 Å². The largest absolute Gasteiger partial charge is 0.462 e. The van der Waals surface area contributed by atoms with Crippen molar-refractivity contribution in [3.63, 3.8) is 0 Å². The van der Waals surface area contributed by atoms with Crippen LogP contribution in [-0.4, -0.2) is 27.9 Å². The number of rotatable bonds is 5. The molecule has 3 rings (SSSR count). The third-order valence-corrected chi connectivity index (χ3v) is 5.74. The zero-order valence-corrected chi connectivity index (χ0v) is 17.8. The third-order valence-electron chi connectivity index (χ3n) is 4.34. The summed E-state index contributed by atoms with van der Waals surface area (Å²) < 4.78 is 45.0. The summed E-state index contributed by atoms with van der Waals surface area (Å²) in [5.74, 6) is -1.01. The minimum absolute atomic E-state index is 0.113. The Morgan fingerprint density at radius 1 is 1.30 bits per heavy atom. The van der Waals surface area contributed by atoms with Crippen molar-refractivity contribution < 1.29 is 27.5 Å². The van der Waals surface area contributed by atoms with E-state index in [0.29, 0.717) is 16.1 Å². The van der Waals surface area contributed by atoms with Crippen molar-refractivity contribution in [2.45, 2.75) is 33.4 Å². The summed E-state index contributed by atoms with van der Waals surface area (Å²) in [6, 6.07) is 0.788. The van der Waals surface area contributed by atoms with Crippen molar-refractivity contribution in [2.24, 2.45) is 0 Å². The number of alkyl halides is 3. The zero-order chi connectivity index (χ0) is 22.2. The number of nitrogens with zero attached hydrogens (tertiary/aromatic N) is 2. The fraction of sp³-hybridized carbons (Fsp3) is 0.316. The molecule has 3 aromatic heterocycles. The molecular weight excluding hydrogens is 443 g/mol. The van der Waals surface area contributed by atoms with Crippen molar-refractivity contribution in [1.29, 1.82) is 0 Å². The summed E-state index contributed by atoms with van der Waals surface area (Å²) in [7, 11) is 0. The van der Waals surface area contributed by atoms with Gasteiger partial charge in [0.2, 0.25) is 5.91 Å². The molecule has 30 heavy (non-hydrogen) atoms. The van der Waals surface area contributed by atoms with Gasteiger partial charge in [0.25, 0.3) is 0 Å². The van der Waals surface area contributed by atoms with Gasteiger partial charge in [0, 0.05) is 17.3 Å². The lowest BCUT2D eigenvalue weighted by molar-refractivity contribution is -0.137. The maximum absolute atomic E-state index is 13.0. The molecule has 1 amide bonds. The van der Waals surface area contributed by atoms with E-state index >= 15 is 0 Å². The molecule has 0 fully saturated rings. The van der Waals surface area contributed by atoms with Crippen LogP contribution in [0.1, 0.15) is 39.0 Å². The number of aryl methyl sites for hydroxylation is 1. The van der Waals surface area contributed by atoms with Crippen molar-refractivity contribution in [1.82, 2.24) is 9.38 Å². The van der Waals surface area contributed by atoms with E-state index in [2.05, 4.69) is 10.3 Å². The SMILES string of the molecule is CCOC(=O)c1c(NC(=O)Cc2cn3cc(C(F)(F)F)cc(Cl)c3n2)sc(C)c1C. The van der Waals surface area contributed by atoms with E-state index in [-0.39, 0.29) is 29.4 Å². The van der Waals surface area contributed by atoms with Crippen LogP contribution in [0.5, 0.6) is 0 Å². The normalized spacial score (nSPS) is 11.7. The number of fused-ring (bicyclic) bond motifs is 1. The number of carbonyl (C=O) groups excluding carboxylic acids is 2. The minimum atomic E-state index is -4.56. The number of esters is 1. The fourth-order valence-electron chi connectivity index (χ4n) is 2.85. The Morgan fingerprint density at radius 2 is 2.00 bits per heavy atom. The molecule has 160 valence electrons. The molecule has 0 aliphatic heterocycles. The van der Waals surface area contributed by atoms with E-state index in [9.17, 15) is 22.8 Å². The molecule has 0 unspecified atom stereocenters. The number of imidazole rings is 1. The highest BCUT2D eigenvalue weighted by atomic mass is 35.5. The van der Waals surface area contributed by atoms with Crippen LogP contribution >= 0.6 is 22.9 Å². The van der Waals surface area contributed by atoms with Gasteiger partial charge in [0.1, 0.15) is 5.00 Å². The first-order valence-electron chi connectivity index (χ1n) is 8.82. The summed E-state index contributed by atoms with van der Waals surface area (Å²) in [5.41, 5.74) is 0.435. The van der Waals surface area contributed by atoms with E-state index in [0.717, 1.165) is 21.5 Å². The molecule has 0 radical (unpaired) electrons. The van der Waals surface area contributed by atoms with Gasteiger partial charge in [-0.3, -0.25) is 4.79 Å². The third kappa shape index (κ3) is 4.44. The van der Waals surface area contributed by atoms with Crippen LogP contribution in [0.15, 0.2) is 18.5 Å². The monoisotopic (exact) mass is 459 g/mol. The second kappa shape index (κ2) is 8.27. The summed E-state index contributed by atoms with van der Waals surface area (Å²) in [6.45, 7) is 5.46. The molecule has 0 atom stereocenters. The Hall–Kier alpha value is -2.59. The first kappa shape index (κ1) is 22.1. The number of pyridine rings is 1. The van der Waals surface area contributed by atoms with Gasteiger partial charge < -0.3 is 14.5 Å². The maximum Gasteiger partial charge on any atom is 0.417 e. The quantitative estimate of drug-likeness (QED) is 0.542. The fourth-order valence-corrected chi connectivity index (χ4v) is 4.17. The number of carbonyl (C=O) groups is 2. The van der Waals surface area contributed by atoms with Crippen LogP contribution in [0.4, 0.5) is 18.2 Å². The van der Waals surface area contributed by atoms with Crippen molar-refractivity contribution in [3.05, 3.63) is 50.7 Å². The highest BCUT2D eigenvalue weighted by Crippen LogP contribution is 2.34.